The van der Waals surface area contributed by atoms with E-state index >= 15 is 0 Å². The van der Waals surface area contributed by atoms with E-state index in [0.717, 1.165) is 28.7 Å². The molecule has 0 spiro atoms. The first kappa shape index (κ1) is 15.0. The molecular formula is C16H16N2O2S2. The summed E-state index contributed by atoms with van der Waals surface area (Å²) in [5.41, 5.74) is 2.98. The Morgan fingerprint density at radius 3 is 2.68 bits per heavy atom. The predicted octanol–water partition coefficient (Wildman–Crippen LogP) is 3.84. The van der Waals surface area contributed by atoms with Crippen molar-refractivity contribution in [2.45, 2.75) is 24.6 Å². The lowest BCUT2D eigenvalue weighted by Crippen LogP contribution is -1.98. The van der Waals surface area contributed by atoms with Gasteiger partial charge >= 0.3 is 0 Å². The fourth-order valence-electron chi connectivity index (χ4n) is 2.61. The van der Waals surface area contributed by atoms with Gasteiger partial charge in [0, 0.05) is 28.7 Å². The second-order valence-electron chi connectivity index (χ2n) is 4.90. The van der Waals surface area contributed by atoms with Gasteiger partial charge in [-0.2, -0.15) is 12.8 Å². The Bertz CT molecular complexity index is 936. The molecule has 6 heteroatoms. The molecule has 0 aliphatic heterocycles. The topological polar surface area (TPSA) is 51.4 Å². The molecule has 0 N–H and O–H groups in total. The number of sulfonamides is 1. The zero-order valence-corrected chi connectivity index (χ0v) is 14.0. The summed E-state index contributed by atoms with van der Waals surface area (Å²) in [4.78, 5) is 0. The predicted molar refractivity (Wildman–Crippen MR) is 91.4 cm³/mol. The summed E-state index contributed by atoms with van der Waals surface area (Å²) >= 11 is 1.18. The zero-order chi connectivity index (χ0) is 15.7. The number of aromatic nitrogens is 1. The number of para-hydroxylation sites is 1. The second-order valence-corrected chi connectivity index (χ2v) is 7.71. The van der Waals surface area contributed by atoms with Crippen molar-refractivity contribution in [1.29, 1.82) is 0 Å². The summed E-state index contributed by atoms with van der Waals surface area (Å²) in [6.07, 6.45) is 1.47. The van der Waals surface area contributed by atoms with Crippen LogP contribution in [0.1, 0.15) is 18.2 Å². The Kier molecular flexibility index (Phi) is 3.88. The molecule has 1 aromatic carbocycles. The minimum atomic E-state index is -3.62. The van der Waals surface area contributed by atoms with Gasteiger partial charge in [-0.15, -0.1) is 11.3 Å². The van der Waals surface area contributed by atoms with Crippen LogP contribution >= 0.6 is 11.3 Å². The average Bonchev–Trinajstić information content (AvgIpc) is 3.12. The van der Waals surface area contributed by atoms with E-state index in [9.17, 15) is 8.42 Å². The molecule has 0 amide bonds. The fourth-order valence-corrected chi connectivity index (χ4v) is 4.44. The van der Waals surface area contributed by atoms with E-state index in [2.05, 4.69) is 15.9 Å². The highest BCUT2D eigenvalue weighted by atomic mass is 32.2. The standard InChI is InChI=1S/C16H16N2O2S2/c1-3-18-12(2)14(13-7-4-5-8-15(13)18)11-17-22(19,20)16-9-6-10-21-16/h4-11H,3H2,1-2H3/b17-11-. The van der Waals surface area contributed by atoms with E-state index in [1.807, 2.05) is 31.2 Å². The maximum atomic E-state index is 12.2. The Labute approximate surface area is 133 Å². The highest BCUT2D eigenvalue weighted by Gasteiger charge is 2.15. The van der Waals surface area contributed by atoms with Gasteiger partial charge < -0.3 is 4.57 Å². The third-order valence-corrected chi connectivity index (χ3v) is 6.28. The van der Waals surface area contributed by atoms with Crippen LogP contribution in [0.4, 0.5) is 0 Å². The number of thiophene rings is 1. The molecule has 0 aliphatic rings. The summed E-state index contributed by atoms with van der Waals surface area (Å²) in [5.74, 6) is 0. The highest BCUT2D eigenvalue weighted by molar-refractivity contribution is 7.92. The molecule has 0 saturated heterocycles. The first-order valence-electron chi connectivity index (χ1n) is 6.96. The van der Waals surface area contributed by atoms with Crippen LogP contribution in [0.5, 0.6) is 0 Å². The largest absolute Gasteiger partial charge is 0.344 e. The molecule has 4 nitrogen and oxygen atoms in total. The molecule has 2 aromatic heterocycles. The molecule has 2 heterocycles. The zero-order valence-electron chi connectivity index (χ0n) is 12.4. The monoisotopic (exact) mass is 332 g/mol. The van der Waals surface area contributed by atoms with Crippen molar-refractivity contribution in [3.63, 3.8) is 0 Å². The molecule has 0 aliphatic carbocycles. The molecule has 3 rings (SSSR count). The summed E-state index contributed by atoms with van der Waals surface area (Å²) < 4.78 is 30.7. The Hall–Kier alpha value is -1.92. The summed E-state index contributed by atoms with van der Waals surface area (Å²) in [6, 6.07) is 11.2. The van der Waals surface area contributed by atoms with Crippen LogP contribution in [0.3, 0.4) is 0 Å². The van der Waals surface area contributed by atoms with Crippen LogP contribution in [-0.4, -0.2) is 19.2 Å². The van der Waals surface area contributed by atoms with Gasteiger partial charge in [-0.3, -0.25) is 0 Å². The molecule has 22 heavy (non-hydrogen) atoms. The molecule has 114 valence electrons. The Balaban J connectivity index is 2.12. The number of aryl methyl sites for hydroxylation is 1. The van der Waals surface area contributed by atoms with Crippen molar-refractivity contribution in [2.24, 2.45) is 4.40 Å². The Morgan fingerprint density at radius 2 is 2.00 bits per heavy atom. The van der Waals surface area contributed by atoms with Crippen LogP contribution in [-0.2, 0) is 16.6 Å². The molecule has 0 fully saturated rings. The van der Waals surface area contributed by atoms with Gasteiger partial charge in [0.1, 0.15) is 4.21 Å². The maximum absolute atomic E-state index is 12.2. The van der Waals surface area contributed by atoms with Gasteiger partial charge in [-0.25, -0.2) is 0 Å². The number of fused-ring (bicyclic) bond motifs is 1. The fraction of sp³-hybridized carbons (Fsp3) is 0.188. The molecule has 3 aromatic rings. The maximum Gasteiger partial charge on any atom is 0.291 e. The first-order chi connectivity index (χ1) is 10.5. The minimum absolute atomic E-state index is 0.264. The average molecular weight is 332 g/mol. The molecule has 0 unspecified atom stereocenters. The van der Waals surface area contributed by atoms with E-state index in [1.54, 1.807) is 17.5 Å². The van der Waals surface area contributed by atoms with Crippen molar-refractivity contribution in [2.75, 3.05) is 0 Å². The number of hydrogen-bond donors (Lipinski definition) is 0. The normalized spacial score (nSPS) is 12.5. The molecule has 0 radical (unpaired) electrons. The molecule has 0 bridgehead atoms. The van der Waals surface area contributed by atoms with E-state index in [-0.39, 0.29) is 4.21 Å². The summed E-state index contributed by atoms with van der Waals surface area (Å²) in [7, 11) is -3.62. The number of rotatable bonds is 4. The summed E-state index contributed by atoms with van der Waals surface area (Å²) in [5, 5.41) is 2.75. The second kappa shape index (κ2) is 5.70. The Morgan fingerprint density at radius 1 is 1.23 bits per heavy atom. The van der Waals surface area contributed by atoms with Crippen molar-refractivity contribution in [1.82, 2.24) is 4.57 Å². The molecule has 0 atom stereocenters. The van der Waals surface area contributed by atoms with Gasteiger partial charge in [0.15, 0.2) is 0 Å². The van der Waals surface area contributed by atoms with Crippen LogP contribution in [0, 0.1) is 6.92 Å². The minimum Gasteiger partial charge on any atom is -0.344 e. The van der Waals surface area contributed by atoms with Gasteiger partial charge in [0.2, 0.25) is 0 Å². The molecular weight excluding hydrogens is 316 g/mol. The lowest BCUT2D eigenvalue weighted by Gasteiger charge is -2.03. The third-order valence-electron chi connectivity index (χ3n) is 3.67. The van der Waals surface area contributed by atoms with Crippen LogP contribution in [0.25, 0.3) is 10.9 Å². The van der Waals surface area contributed by atoms with Crippen LogP contribution in [0.15, 0.2) is 50.4 Å². The van der Waals surface area contributed by atoms with Crippen molar-refractivity contribution < 1.29 is 8.42 Å². The van der Waals surface area contributed by atoms with E-state index in [1.165, 1.54) is 17.6 Å². The number of benzene rings is 1. The number of hydrogen-bond acceptors (Lipinski definition) is 3. The highest BCUT2D eigenvalue weighted by Crippen LogP contribution is 2.25. The van der Waals surface area contributed by atoms with Crippen molar-refractivity contribution in [3.8, 4) is 0 Å². The van der Waals surface area contributed by atoms with Gasteiger partial charge in [-0.05, 0) is 31.4 Å². The lowest BCUT2D eigenvalue weighted by atomic mass is 10.1. The van der Waals surface area contributed by atoms with E-state index < -0.39 is 10.0 Å². The van der Waals surface area contributed by atoms with Crippen molar-refractivity contribution >= 4 is 38.5 Å². The van der Waals surface area contributed by atoms with E-state index in [0.29, 0.717) is 0 Å². The SMILES string of the molecule is CCn1c(C)c(/C=N\S(=O)(=O)c2cccs2)c2ccccc21. The lowest BCUT2D eigenvalue weighted by molar-refractivity contribution is 0.600. The summed E-state index contributed by atoms with van der Waals surface area (Å²) in [6.45, 7) is 4.89. The van der Waals surface area contributed by atoms with Crippen molar-refractivity contribution in [3.05, 3.63) is 53.0 Å². The molecule has 0 saturated carbocycles. The smallest absolute Gasteiger partial charge is 0.291 e. The quantitative estimate of drug-likeness (QED) is 0.682. The first-order valence-corrected chi connectivity index (χ1v) is 9.28. The van der Waals surface area contributed by atoms with Crippen LogP contribution in [0.2, 0.25) is 0 Å². The van der Waals surface area contributed by atoms with Gasteiger partial charge in [-0.1, -0.05) is 24.3 Å². The number of nitrogens with zero attached hydrogens (tertiary/aromatic N) is 2. The third kappa shape index (κ3) is 2.48. The van der Waals surface area contributed by atoms with Gasteiger partial charge in [0.25, 0.3) is 10.0 Å². The van der Waals surface area contributed by atoms with E-state index in [4.69, 9.17) is 0 Å². The van der Waals surface area contributed by atoms with Crippen LogP contribution < -0.4 is 0 Å². The van der Waals surface area contributed by atoms with Gasteiger partial charge in [0.05, 0.1) is 6.21 Å².